The zero-order valence-corrected chi connectivity index (χ0v) is 16.6. The van der Waals surface area contributed by atoms with Crippen molar-refractivity contribution in [3.63, 3.8) is 0 Å². The number of nitrogens with zero attached hydrogens (tertiary/aromatic N) is 2. The van der Waals surface area contributed by atoms with Crippen molar-refractivity contribution in [2.24, 2.45) is 0 Å². The van der Waals surface area contributed by atoms with Gasteiger partial charge in [0.25, 0.3) is 5.91 Å². The highest BCUT2D eigenvalue weighted by Crippen LogP contribution is 2.36. The first-order chi connectivity index (χ1) is 13.1. The normalized spacial score (nSPS) is 24.3. The molecule has 7 heteroatoms. The Morgan fingerprint density at radius 3 is 2.81 bits per heavy atom. The van der Waals surface area contributed by atoms with Crippen LogP contribution in [0.4, 0.5) is 4.79 Å². The summed E-state index contributed by atoms with van der Waals surface area (Å²) in [6.45, 7) is 2.99. The molecule has 1 spiro atoms. The van der Waals surface area contributed by atoms with Gasteiger partial charge in [-0.3, -0.25) is 14.5 Å². The van der Waals surface area contributed by atoms with Crippen molar-refractivity contribution in [3.8, 4) is 0 Å². The van der Waals surface area contributed by atoms with Gasteiger partial charge in [-0.15, -0.1) is 11.3 Å². The van der Waals surface area contributed by atoms with Crippen molar-refractivity contribution < 1.29 is 14.4 Å². The second kappa shape index (κ2) is 7.26. The highest BCUT2D eigenvalue weighted by molar-refractivity contribution is 7.10. The van der Waals surface area contributed by atoms with Gasteiger partial charge < -0.3 is 10.2 Å². The minimum atomic E-state index is -0.707. The van der Waals surface area contributed by atoms with Crippen molar-refractivity contribution in [2.45, 2.75) is 69.9 Å². The van der Waals surface area contributed by atoms with E-state index < -0.39 is 5.54 Å². The summed E-state index contributed by atoms with van der Waals surface area (Å²) in [5.74, 6) is -0.102. The van der Waals surface area contributed by atoms with Gasteiger partial charge in [-0.1, -0.05) is 26.2 Å². The van der Waals surface area contributed by atoms with Crippen LogP contribution in [0.2, 0.25) is 0 Å². The van der Waals surface area contributed by atoms with Gasteiger partial charge in [-0.2, -0.15) is 0 Å². The van der Waals surface area contributed by atoms with E-state index in [1.807, 2.05) is 4.90 Å². The molecule has 4 rings (SSSR count). The van der Waals surface area contributed by atoms with Gasteiger partial charge in [-0.05, 0) is 42.7 Å². The summed E-state index contributed by atoms with van der Waals surface area (Å²) in [7, 11) is 0. The molecule has 146 valence electrons. The molecule has 1 saturated carbocycles. The van der Waals surface area contributed by atoms with E-state index in [9.17, 15) is 14.4 Å². The lowest BCUT2D eigenvalue weighted by molar-refractivity contribution is -0.136. The van der Waals surface area contributed by atoms with Gasteiger partial charge in [-0.25, -0.2) is 4.79 Å². The second-order valence-electron chi connectivity index (χ2n) is 7.84. The molecule has 3 aliphatic rings. The Balaban J connectivity index is 1.41. The van der Waals surface area contributed by atoms with Crippen LogP contribution < -0.4 is 5.32 Å². The van der Waals surface area contributed by atoms with E-state index in [0.717, 1.165) is 38.6 Å². The first-order valence-corrected chi connectivity index (χ1v) is 10.9. The molecule has 4 amide bonds. The number of fused-ring (bicyclic) bond motifs is 1. The Kier molecular flexibility index (Phi) is 4.97. The number of hydrogen-bond acceptors (Lipinski definition) is 4. The maximum absolute atomic E-state index is 12.9. The van der Waals surface area contributed by atoms with E-state index in [1.165, 1.54) is 15.3 Å². The number of hydrogen-bond donors (Lipinski definition) is 1. The quantitative estimate of drug-likeness (QED) is 0.804. The smallest absolute Gasteiger partial charge is 0.325 e. The van der Waals surface area contributed by atoms with Gasteiger partial charge in [0.1, 0.15) is 5.54 Å². The summed E-state index contributed by atoms with van der Waals surface area (Å²) >= 11 is 1.76. The number of thiophene rings is 1. The topological polar surface area (TPSA) is 69.7 Å². The third-order valence-corrected chi connectivity index (χ3v) is 7.30. The molecule has 0 radical (unpaired) electrons. The highest BCUT2D eigenvalue weighted by atomic mass is 32.1. The minimum absolute atomic E-state index is 0.0314. The van der Waals surface area contributed by atoms with Gasteiger partial charge in [0.15, 0.2) is 0 Å². The van der Waals surface area contributed by atoms with Crippen LogP contribution in [0.3, 0.4) is 0 Å². The Bertz CT molecular complexity index is 753. The molecular weight excluding hydrogens is 362 g/mol. The van der Waals surface area contributed by atoms with E-state index >= 15 is 0 Å². The van der Waals surface area contributed by atoms with Crippen LogP contribution in [0.25, 0.3) is 0 Å². The molecular formula is C20H27N3O3S. The van der Waals surface area contributed by atoms with Crippen molar-refractivity contribution in [2.75, 3.05) is 13.1 Å². The zero-order chi connectivity index (χ0) is 19.0. The average Bonchev–Trinajstić information content (AvgIpc) is 3.23. The molecule has 2 fully saturated rings. The predicted octanol–water partition coefficient (Wildman–Crippen LogP) is 3.23. The molecule has 6 nitrogen and oxygen atoms in total. The monoisotopic (exact) mass is 389 g/mol. The predicted molar refractivity (Wildman–Crippen MR) is 103 cm³/mol. The molecule has 1 atom stereocenters. The molecule has 0 unspecified atom stereocenters. The molecule has 27 heavy (non-hydrogen) atoms. The lowest BCUT2D eigenvalue weighted by atomic mass is 9.82. The molecule has 1 aliphatic carbocycles. The van der Waals surface area contributed by atoms with Crippen LogP contribution in [0, 0.1) is 0 Å². The summed E-state index contributed by atoms with van der Waals surface area (Å²) in [6, 6.07) is 1.90. The largest absolute Gasteiger partial charge is 0.335 e. The number of urea groups is 1. The summed E-state index contributed by atoms with van der Waals surface area (Å²) in [4.78, 5) is 42.7. The van der Waals surface area contributed by atoms with Crippen molar-refractivity contribution in [1.82, 2.24) is 15.1 Å². The third kappa shape index (κ3) is 3.16. The van der Waals surface area contributed by atoms with Crippen LogP contribution in [0.1, 0.15) is 68.4 Å². The molecule has 0 aromatic carbocycles. The fourth-order valence-electron chi connectivity index (χ4n) is 4.86. The van der Waals surface area contributed by atoms with Crippen molar-refractivity contribution in [1.29, 1.82) is 0 Å². The average molecular weight is 390 g/mol. The van der Waals surface area contributed by atoms with Crippen LogP contribution >= 0.6 is 11.3 Å². The number of carbonyl (C=O) groups is 3. The first kappa shape index (κ1) is 18.5. The lowest BCUT2D eigenvalue weighted by Gasteiger charge is -2.36. The molecule has 1 N–H and O–H groups in total. The summed E-state index contributed by atoms with van der Waals surface area (Å²) in [6.07, 6.45) is 6.44. The van der Waals surface area contributed by atoms with Crippen molar-refractivity contribution >= 4 is 29.2 Å². The van der Waals surface area contributed by atoms with Gasteiger partial charge >= 0.3 is 6.03 Å². The molecule has 1 aromatic rings. The highest BCUT2D eigenvalue weighted by Gasteiger charge is 2.51. The molecule has 3 heterocycles. The van der Waals surface area contributed by atoms with E-state index in [2.05, 4.69) is 23.7 Å². The summed E-state index contributed by atoms with van der Waals surface area (Å²) in [5.41, 5.74) is 0.555. The van der Waals surface area contributed by atoms with Crippen LogP contribution in [0.15, 0.2) is 11.4 Å². The van der Waals surface area contributed by atoms with Crippen LogP contribution in [-0.2, 0) is 16.0 Å². The van der Waals surface area contributed by atoms with Crippen LogP contribution in [-0.4, -0.2) is 46.3 Å². The standard InChI is InChI=1S/C20H27N3O3S/c1-2-15-14-8-13-27-16(14)6-11-22(15)17(24)7-12-23-18(25)20(21-19(23)26)9-4-3-5-10-20/h8,13,15H,2-7,9-12H2,1H3,(H,21,26)/t15-/m0/s1. The minimum Gasteiger partial charge on any atom is -0.335 e. The summed E-state index contributed by atoms with van der Waals surface area (Å²) in [5, 5.41) is 5.01. The lowest BCUT2D eigenvalue weighted by Crippen LogP contribution is -2.48. The molecule has 1 aromatic heterocycles. The second-order valence-corrected chi connectivity index (χ2v) is 8.84. The molecule has 2 aliphatic heterocycles. The van der Waals surface area contributed by atoms with Gasteiger partial charge in [0, 0.05) is 24.4 Å². The zero-order valence-electron chi connectivity index (χ0n) is 15.8. The van der Waals surface area contributed by atoms with E-state index in [-0.39, 0.29) is 36.9 Å². The Hall–Kier alpha value is -1.89. The Morgan fingerprint density at radius 2 is 2.07 bits per heavy atom. The first-order valence-electron chi connectivity index (χ1n) is 10.1. The van der Waals surface area contributed by atoms with Gasteiger partial charge in [0.05, 0.1) is 6.04 Å². The number of carbonyl (C=O) groups excluding carboxylic acids is 3. The number of rotatable bonds is 4. The molecule has 1 saturated heterocycles. The van der Waals surface area contributed by atoms with Gasteiger partial charge in [0.2, 0.25) is 5.91 Å². The Labute approximate surface area is 163 Å². The van der Waals surface area contributed by atoms with Crippen molar-refractivity contribution in [3.05, 3.63) is 21.9 Å². The summed E-state index contributed by atoms with van der Waals surface area (Å²) < 4.78 is 0. The molecule has 0 bridgehead atoms. The van der Waals surface area contributed by atoms with Crippen LogP contribution in [0.5, 0.6) is 0 Å². The number of nitrogens with one attached hydrogen (secondary N) is 1. The maximum atomic E-state index is 12.9. The fourth-order valence-corrected chi connectivity index (χ4v) is 5.79. The van der Waals surface area contributed by atoms with E-state index in [1.54, 1.807) is 11.3 Å². The van der Waals surface area contributed by atoms with E-state index in [0.29, 0.717) is 12.8 Å². The number of imide groups is 1. The third-order valence-electron chi connectivity index (χ3n) is 6.30. The van der Waals surface area contributed by atoms with E-state index in [4.69, 9.17) is 0 Å². The maximum Gasteiger partial charge on any atom is 0.325 e. The SMILES string of the molecule is CC[C@H]1c2ccsc2CCN1C(=O)CCN1C(=O)NC2(CCCCC2)C1=O. The fraction of sp³-hybridized carbons (Fsp3) is 0.650. The number of amides is 4. The Morgan fingerprint density at radius 1 is 1.30 bits per heavy atom.